The van der Waals surface area contributed by atoms with E-state index in [1.54, 1.807) is 12.1 Å². The number of rotatable bonds is 5. The van der Waals surface area contributed by atoms with Crippen LogP contribution in [0, 0.1) is 0 Å². The molecule has 0 saturated carbocycles. The lowest BCUT2D eigenvalue weighted by Crippen LogP contribution is -2.20. The second-order valence-corrected chi connectivity index (χ2v) is 5.92. The lowest BCUT2D eigenvalue weighted by atomic mass is 10.1. The zero-order chi connectivity index (χ0) is 17.6. The number of benzene rings is 2. The number of amides is 1. The maximum atomic E-state index is 12.1. The van der Waals surface area contributed by atoms with Crippen molar-refractivity contribution in [1.29, 1.82) is 0 Å². The number of carbonyl (C=O) groups excluding carboxylic acids is 1. The molecule has 3 rings (SSSR count). The Morgan fingerprint density at radius 2 is 1.80 bits per heavy atom. The number of hydrogen-bond acceptors (Lipinski definition) is 4. The summed E-state index contributed by atoms with van der Waals surface area (Å²) in [7, 11) is 0. The molecule has 1 aliphatic heterocycles. The van der Waals surface area contributed by atoms with Gasteiger partial charge >= 0.3 is 12.1 Å². The normalized spacial score (nSPS) is 13.5. The highest BCUT2D eigenvalue weighted by molar-refractivity contribution is 5.99. The maximum absolute atomic E-state index is 12.1. The van der Waals surface area contributed by atoms with E-state index in [1.165, 1.54) is 6.07 Å². The molecule has 0 atom stereocenters. The fourth-order valence-corrected chi connectivity index (χ4v) is 2.86. The number of anilines is 2. The summed E-state index contributed by atoms with van der Waals surface area (Å²) in [5.74, 6) is -1.09. The Balaban J connectivity index is 1.71. The molecule has 2 aromatic rings. The van der Waals surface area contributed by atoms with Gasteiger partial charge in [0.15, 0.2) is 0 Å². The average Bonchev–Trinajstić information content (AvgIpc) is 3.15. The predicted molar refractivity (Wildman–Crippen MR) is 95.1 cm³/mol. The van der Waals surface area contributed by atoms with Crippen molar-refractivity contribution in [3.8, 4) is 0 Å². The Morgan fingerprint density at radius 3 is 2.48 bits per heavy atom. The van der Waals surface area contributed by atoms with Gasteiger partial charge in [0, 0.05) is 18.8 Å². The van der Waals surface area contributed by atoms with E-state index in [2.05, 4.69) is 10.2 Å². The van der Waals surface area contributed by atoms with Crippen LogP contribution in [0.3, 0.4) is 0 Å². The molecular formula is C19H20N2O4. The third-order valence-electron chi connectivity index (χ3n) is 4.15. The number of nitrogens with one attached hydrogen (secondary N) is 1. The number of ether oxygens (including phenoxy) is 1. The molecule has 6 nitrogen and oxygen atoms in total. The summed E-state index contributed by atoms with van der Waals surface area (Å²) < 4.78 is 5.18. The summed E-state index contributed by atoms with van der Waals surface area (Å²) >= 11 is 0. The molecule has 0 aliphatic carbocycles. The lowest BCUT2D eigenvalue weighted by Gasteiger charge is -2.19. The minimum atomic E-state index is -1.09. The highest BCUT2D eigenvalue weighted by Crippen LogP contribution is 2.27. The van der Waals surface area contributed by atoms with Gasteiger partial charge in [0.2, 0.25) is 0 Å². The first-order chi connectivity index (χ1) is 12.1. The van der Waals surface area contributed by atoms with Gasteiger partial charge in [0.25, 0.3) is 0 Å². The zero-order valence-corrected chi connectivity index (χ0v) is 13.8. The first-order valence-electron chi connectivity index (χ1n) is 8.23. The number of nitrogens with zero attached hydrogens (tertiary/aromatic N) is 1. The van der Waals surface area contributed by atoms with E-state index >= 15 is 0 Å². The topological polar surface area (TPSA) is 78.9 Å². The molecule has 1 heterocycles. The van der Waals surface area contributed by atoms with Crippen LogP contribution in [0.25, 0.3) is 0 Å². The van der Waals surface area contributed by atoms with E-state index in [0.717, 1.165) is 37.2 Å². The van der Waals surface area contributed by atoms with Crippen molar-refractivity contribution in [2.24, 2.45) is 0 Å². The summed E-state index contributed by atoms with van der Waals surface area (Å²) in [5.41, 5.74) is 2.05. The minimum absolute atomic E-state index is 0.0413. The number of carboxylic acids is 1. The molecule has 0 radical (unpaired) electrons. The molecule has 0 unspecified atom stereocenters. The van der Waals surface area contributed by atoms with Crippen molar-refractivity contribution in [3.05, 3.63) is 59.7 Å². The Kier molecular flexibility index (Phi) is 5.18. The predicted octanol–water partition coefficient (Wildman–Crippen LogP) is 3.73. The lowest BCUT2D eigenvalue weighted by molar-refractivity contribution is 0.0698. The molecule has 0 aromatic heterocycles. The third-order valence-corrected chi connectivity index (χ3v) is 4.15. The Bertz CT molecular complexity index is 755. The zero-order valence-electron chi connectivity index (χ0n) is 13.8. The molecule has 0 bridgehead atoms. The second-order valence-electron chi connectivity index (χ2n) is 5.92. The molecular weight excluding hydrogens is 320 g/mol. The first-order valence-corrected chi connectivity index (χ1v) is 8.23. The molecule has 1 aliphatic rings. The molecule has 130 valence electrons. The van der Waals surface area contributed by atoms with Gasteiger partial charge < -0.3 is 14.7 Å². The third kappa shape index (κ3) is 4.29. The van der Waals surface area contributed by atoms with E-state index < -0.39 is 12.1 Å². The highest BCUT2D eigenvalue weighted by atomic mass is 16.5. The summed E-state index contributed by atoms with van der Waals surface area (Å²) in [6.07, 6.45) is 1.55. The van der Waals surface area contributed by atoms with Crippen molar-refractivity contribution < 1.29 is 19.4 Å². The van der Waals surface area contributed by atoms with Crippen LogP contribution >= 0.6 is 0 Å². The van der Waals surface area contributed by atoms with Crippen LogP contribution in [-0.2, 0) is 11.3 Å². The number of carbonyl (C=O) groups is 2. The summed E-state index contributed by atoms with van der Waals surface area (Å²) in [6.45, 7) is 2.00. The molecule has 2 N–H and O–H groups in total. The van der Waals surface area contributed by atoms with Gasteiger partial charge in [-0.3, -0.25) is 5.32 Å². The fraction of sp³-hybridized carbons (Fsp3) is 0.263. The van der Waals surface area contributed by atoms with Crippen LogP contribution in [0.1, 0.15) is 28.8 Å². The van der Waals surface area contributed by atoms with E-state index in [-0.39, 0.29) is 17.9 Å². The van der Waals surface area contributed by atoms with Crippen molar-refractivity contribution in [3.63, 3.8) is 0 Å². The van der Waals surface area contributed by atoms with Gasteiger partial charge in [-0.25, -0.2) is 9.59 Å². The van der Waals surface area contributed by atoms with Gasteiger partial charge in [0.05, 0.1) is 11.3 Å². The standard InChI is InChI=1S/C19H20N2O4/c22-18(23)16-9-8-15(21-10-4-5-11-21)12-17(16)20-19(24)25-13-14-6-2-1-3-7-14/h1-3,6-9,12H,4-5,10-11,13H2,(H,20,24)(H,22,23). The van der Waals surface area contributed by atoms with Crippen LogP contribution in [0.15, 0.2) is 48.5 Å². The Labute approximate surface area is 146 Å². The molecule has 0 spiro atoms. The SMILES string of the molecule is O=C(Nc1cc(N2CCCC2)ccc1C(=O)O)OCc1ccccc1. The van der Waals surface area contributed by atoms with Crippen molar-refractivity contribution in [2.45, 2.75) is 19.4 Å². The molecule has 2 aromatic carbocycles. The van der Waals surface area contributed by atoms with E-state index in [9.17, 15) is 14.7 Å². The number of carboxylic acid groups (broad SMARTS) is 1. The van der Waals surface area contributed by atoms with Crippen molar-refractivity contribution in [2.75, 3.05) is 23.3 Å². The maximum Gasteiger partial charge on any atom is 0.411 e. The smallest absolute Gasteiger partial charge is 0.411 e. The summed E-state index contributed by atoms with van der Waals surface area (Å²) in [4.78, 5) is 25.6. The van der Waals surface area contributed by atoms with Crippen LogP contribution in [0.2, 0.25) is 0 Å². The highest BCUT2D eigenvalue weighted by Gasteiger charge is 2.18. The number of aromatic carboxylic acids is 1. The molecule has 6 heteroatoms. The van der Waals surface area contributed by atoms with Crippen LogP contribution in [0.4, 0.5) is 16.2 Å². The fourth-order valence-electron chi connectivity index (χ4n) is 2.86. The minimum Gasteiger partial charge on any atom is -0.478 e. The van der Waals surface area contributed by atoms with Crippen LogP contribution in [0.5, 0.6) is 0 Å². The van der Waals surface area contributed by atoms with E-state index in [0.29, 0.717) is 0 Å². The van der Waals surface area contributed by atoms with Crippen molar-refractivity contribution in [1.82, 2.24) is 0 Å². The molecule has 25 heavy (non-hydrogen) atoms. The van der Waals surface area contributed by atoms with Crippen LogP contribution < -0.4 is 10.2 Å². The monoisotopic (exact) mass is 340 g/mol. The first kappa shape index (κ1) is 16.8. The number of hydrogen-bond donors (Lipinski definition) is 2. The van der Waals surface area contributed by atoms with Crippen molar-refractivity contribution >= 4 is 23.4 Å². The quantitative estimate of drug-likeness (QED) is 0.867. The molecule has 1 amide bonds. The average molecular weight is 340 g/mol. The van der Waals surface area contributed by atoms with E-state index in [1.807, 2.05) is 30.3 Å². The summed E-state index contributed by atoms with van der Waals surface area (Å²) in [5, 5.41) is 11.9. The van der Waals surface area contributed by atoms with Gasteiger partial charge in [0.1, 0.15) is 6.61 Å². The van der Waals surface area contributed by atoms with Gasteiger partial charge in [-0.15, -0.1) is 0 Å². The molecule has 1 fully saturated rings. The van der Waals surface area contributed by atoms with Gasteiger partial charge in [-0.05, 0) is 36.6 Å². The summed E-state index contributed by atoms with van der Waals surface area (Å²) in [6, 6.07) is 14.3. The van der Waals surface area contributed by atoms with Gasteiger partial charge in [-0.1, -0.05) is 30.3 Å². The largest absolute Gasteiger partial charge is 0.478 e. The van der Waals surface area contributed by atoms with Crippen LogP contribution in [-0.4, -0.2) is 30.3 Å². The Hall–Kier alpha value is -3.02. The Morgan fingerprint density at radius 1 is 1.08 bits per heavy atom. The van der Waals surface area contributed by atoms with Gasteiger partial charge in [-0.2, -0.15) is 0 Å². The molecule has 1 saturated heterocycles. The van der Waals surface area contributed by atoms with E-state index in [4.69, 9.17) is 4.74 Å². The second kappa shape index (κ2) is 7.70.